The molecule has 0 radical (unpaired) electrons. The number of hydrogen-bond donors (Lipinski definition) is 1. The minimum absolute atomic E-state index is 0.139. The van der Waals surface area contributed by atoms with Crippen LogP contribution in [0.15, 0.2) is 36.4 Å². The first kappa shape index (κ1) is 16.0. The first-order chi connectivity index (χ1) is 8.70. The number of aryl methyl sites for hydroxylation is 1. The fourth-order valence-corrected chi connectivity index (χ4v) is 2.07. The largest absolute Gasteiger partial charge is 0.311 e. The Morgan fingerprint density at radius 1 is 1.16 bits per heavy atom. The highest BCUT2D eigenvalue weighted by Crippen LogP contribution is 2.28. The van der Waals surface area contributed by atoms with Gasteiger partial charge in [-0.05, 0) is 39.2 Å². The molecule has 0 aromatic heterocycles. The normalized spacial score (nSPS) is 13.6. The van der Waals surface area contributed by atoms with Crippen LogP contribution < -0.4 is 5.32 Å². The summed E-state index contributed by atoms with van der Waals surface area (Å²) in [5, 5.41) is 3.61. The molecule has 0 aliphatic carbocycles. The summed E-state index contributed by atoms with van der Waals surface area (Å²) < 4.78 is 0. The topological polar surface area (TPSA) is 12.0 Å². The summed E-state index contributed by atoms with van der Waals surface area (Å²) in [6, 6.07) is 8.84. The van der Waals surface area contributed by atoms with E-state index in [1.807, 2.05) is 0 Å². The molecular weight excluding hydrogens is 230 g/mol. The minimum Gasteiger partial charge on any atom is -0.311 e. The fourth-order valence-electron chi connectivity index (χ4n) is 2.07. The van der Waals surface area contributed by atoms with Gasteiger partial charge in [0.05, 0.1) is 0 Å². The van der Waals surface area contributed by atoms with Crippen LogP contribution in [0.4, 0.5) is 0 Å². The fraction of sp³-hybridized carbons (Fsp3) is 0.556. The van der Waals surface area contributed by atoms with E-state index in [9.17, 15) is 0 Å². The van der Waals surface area contributed by atoms with Crippen LogP contribution in [-0.4, -0.2) is 12.1 Å². The molecule has 0 unspecified atom stereocenters. The van der Waals surface area contributed by atoms with Crippen LogP contribution in [0.3, 0.4) is 0 Å². The van der Waals surface area contributed by atoms with Gasteiger partial charge >= 0.3 is 0 Å². The first-order valence-electron chi connectivity index (χ1n) is 7.21. The zero-order chi connectivity index (χ0) is 14.6. The summed E-state index contributed by atoms with van der Waals surface area (Å²) in [6.45, 7) is 18.5. The molecule has 0 aliphatic rings. The van der Waals surface area contributed by atoms with Gasteiger partial charge in [0, 0.05) is 18.0 Å². The first-order valence-corrected chi connectivity index (χ1v) is 7.21. The summed E-state index contributed by atoms with van der Waals surface area (Å²) in [4.78, 5) is 0. The van der Waals surface area contributed by atoms with E-state index in [-0.39, 0.29) is 5.54 Å². The average molecular weight is 259 g/mol. The van der Waals surface area contributed by atoms with Crippen molar-refractivity contribution in [3.8, 4) is 0 Å². The Balaban J connectivity index is 2.92. The maximum Gasteiger partial charge on any atom is 0.0173 e. The lowest BCUT2D eigenvalue weighted by Gasteiger charge is -2.28. The van der Waals surface area contributed by atoms with Gasteiger partial charge in [0.1, 0.15) is 0 Å². The highest BCUT2D eigenvalue weighted by Gasteiger charge is 2.20. The summed E-state index contributed by atoms with van der Waals surface area (Å²) in [6.07, 6.45) is 0. The molecule has 106 valence electrons. The van der Waals surface area contributed by atoms with Gasteiger partial charge in [0.15, 0.2) is 0 Å². The van der Waals surface area contributed by atoms with Crippen molar-refractivity contribution in [2.24, 2.45) is 5.92 Å². The second kappa shape index (κ2) is 6.38. The van der Waals surface area contributed by atoms with Crippen molar-refractivity contribution in [2.45, 2.75) is 53.0 Å². The Labute approximate surface area is 119 Å². The molecule has 0 fully saturated rings. The summed E-state index contributed by atoms with van der Waals surface area (Å²) in [5.41, 5.74) is 4.11. The monoisotopic (exact) mass is 259 g/mol. The number of hydrogen-bond acceptors (Lipinski definition) is 1. The maximum absolute atomic E-state index is 4.31. The SMILES string of the molecule is C=C(C(C)C)[C@H](CNC(C)(C)C)c1ccc(C)cc1. The second-order valence-corrected chi connectivity index (χ2v) is 6.82. The highest BCUT2D eigenvalue weighted by molar-refractivity contribution is 5.31. The van der Waals surface area contributed by atoms with E-state index in [4.69, 9.17) is 0 Å². The van der Waals surface area contributed by atoms with Crippen LogP contribution >= 0.6 is 0 Å². The Morgan fingerprint density at radius 2 is 1.68 bits per heavy atom. The third-order valence-corrected chi connectivity index (χ3v) is 3.51. The van der Waals surface area contributed by atoms with Crippen LogP contribution in [0.25, 0.3) is 0 Å². The third kappa shape index (κ3) is 5.20. The van der Waals surface area contributed by atoms with Crippen molar-refractivity contribution in [2.75, 3.05) is 6.54 Å². The van der Waals surface area contributed by atoms with Crippen molar-refractivity contribution in [3.63, 3.8) is 0 Å². The van der Waals surface area contributed by atoms with Gasteiger partial charge in [-0.3, -0.25) is 0 Å². The van der Waals surface area contributed by atoms with Crippen molar-refractivity contribution in [1.29, 1.82) is 0 Å². The van der Waals surface area contributed by atoms with E-state index in [0.717, 1.165) is 6.54 Å². The maximum atomic E-state index is 4.31. The van der Waals surface area contributed by atoms with Crippen LogP contribution in [0.5, 0.6) is 0 Å². The second-order valence-electron chi connectivity index (χ2n) is 6.82. The van der Waals surface area contributed by atoms with Crippen molar-refractivity contribution in [1.82, 2.24) is 5.32 Å². The predicted molar refractivity (Wildman–Crippen MR) is 85.7 cm³/mol. The quantitative estimate of drug-likeness (QED) is 0.757. The predicted octanol–water partition coefficient (Wildman–Crippen LogP) is 4.68. The van der Waals surface area contributed by atoms with Gasteiger partial charge in [-0.15, -0.1) is 0 Å². The molecule has 19 heavy (non-hydrogen) atoms. The highest BCUT2D eigenvalue weighted by atomic mass is 14.9. The Morgan fingerprint density at radius 3 is 2.11 bits per heavy atom. The van der Waals surface area contributed by atoms with Crippen LogP contribution in [0.2, 0.25) is 0 Å². The molecule has 1 rings (SSSR count). The summed E-state index contributed by atoms with van der Waals surface area (Å²) in [7, 11) is 0. The minimum atomic E-state index is 0.139. The van der Waals surface area contributed by atoms with E-state index >= 15 is 0 Å². The molecule has 0 amide bonds. The zero-order valence-corrected chi connectivity index (χ0v) is 13.4. The van der Waals surface area contributed by atoms with Crippen LogP contribution in [0, 0.1) is 12.8 Å². The van der Waals surface area contributed by atoms with Gasteiger partial charge in [-0.2, -0.15) is 0 Å². The van der Waals surface area contributed by atoms with Crippen molar-refractivity contribution in [3.05, 3.63) is 47.5 Å². The van der Waals surface area contributed by atoms with E-state index < -0.39 is 0 Å². The van der Waals surface area contributed by atoms with Gasteiger partial charge in [0.25, 0.3) is 0 Å². The lowest BCUT2D eigenvalue weighted by atomic mass is 9.85. The Hall–Kier alpha value is -1.08. The van der Waals surface area contributed by atoms with E-state index in [0.29, 0.717) is 11.8 Å². The molecule has 0 heterocycles. The van der Waals surface area contributed by atoms with Gasteiger partial charge in [0.2, 0.25) is 0 Å². The lowest BCUT2D eigenvalue weighted by Crippen LogP contribution is -2.39. The molecule has 0 saturated heterocycles. The summed E-state index contributed by atoms with van der Waals surface area (Å²) >= 11 is 0. The van der Waals surface area contributed by atoms with Gasteiger partial charge in [-0.1, -0.05) is 55.8 Å². The van der Waals surface area contributed by atoms with E-state index in [1.54, 1.807) is 0 Å². The van der Waals surface area contributed by atoms with E-state index in [2.05, 4.69) is 77.7 Å². The number of benzene rings is 1. The Bertz CT molecular complexity index is 406. The molecule has 1 atom stereocenters. The third-order valence-electron chi connectivity index (χ3n) is 3.51. The molecule has 0 aliphatic heterocycles. The Kier molecular flexibility index (Phi) is 5.37. The van der Waals surface area contributed by atoms with Gasteiger partial charge in [-0.25, -0.2) is 0 Å². The van der Waals surface area contributed by atoms with Crippen molar-refractivity contribution < 1.29 is 0 Å². The molecule has 1 nitrogen and oxygen atoms in total. The average Bonchev–Trinajstić information content (AvgIpc) is 2.29. The molecule has 0 bridgehead atoms. The van der Waals surface area contributed by atoms with Crippen molar-refractivity contribution >= 4 is 0 Å². The van der Waals surface area contributed by atoms with Crippen LogP contribution in [0.1, 0.15) is 51.7 Å². The van der Waals surface area contributed by atoms with E-state index in [1.165, 1.54) is 16.7 Å². The van der Waals surface area contributed by atoms with Crippen LogP contribution in [-0.2, 0) is 0 Å². The zero-order valence-electron chi connectivity index (χ0n) is 13.4. The molecule has 1 heteroatoms. The lowest BCUT2D eigenvalue weighted by molar-refractivity contribution is 0.411. The smallest absolute Gasteiger partial charge is 0.0173 e. The molecule has 1 aromatic carbocycles. The molecule has 0 spiro atoms. The molecule has 1 N–H and O–H groups in total. The number of rotatable bonds is 5. The molecule has 0 saturated carbocycles. The molecule has 1 aromatic rings. The molecular formula is C18H29N. The number of nitrogens with one attached hydrogen (secondary N) is 1. The van der Waals surface area contributed by atoms with Gasteiger partial charge < -0.3 is 5.32 Å². The summed E-state index contributed by atoms with van der Waals surface area (Å²) in [5.74, 6) is 0.896. The standard InChI is InChI=1S/C18H29N/c1-13(2)15(4)17(12-19-18(5,6)7)16-10-8-14(3)9-11-16/h8-11,13,17,19H,4,12H2,1-3,5-7H3/t17-/m0/s1.